The van der Waals surface area contributed by atoms with Crippen LogP contribution in [0.3, 0.4) is 0 Å². The lowest BCUT2D eigenvalue weighted by Gasteiger charge is -2.31. The van der Waals surface area contributed by atoms with Gasteiger partial charge in [-0.1, -0.05) is 29.8 Å². The molecule has 0 aliphatic rings. The van der Waals surface area contributed by atoms with E-state index in [0.29, 0.717) is 10.6 Å². The van der Waals surface area contributed by atoms with Gasteiger partial charge in [0, 0.05) is 29.7 Å². The smallest absolute Gasteiger partial charge is 0.271 e. The Morgan fingerprint density at radius 1 is 1.12 bits per heavy atom. The molecule has 0 aliphatic heterocycles. The van der Waals surface area contributed by atoms with Gasteiger partial charge in [0.1, 0.15) is 12.6 Å². The number of sulfonamides is 1. The fourth-order valence-corrected chi connectivity index (χ4v) is 4.12. The van der Waals surface area contributed by atoms with Crippen LogP contribution in [-0.2, 0) is 26.2 Å². The second-order valence-corrected chi connectivity index (χ2v) is 10.4. The molecular weight excluding hydrogens is 484 g/mol. The van der Waals surface area contributed by atoms with Crippen molar-refractivity contribution in [2.75, 3.05) is 17.1 Å². The van der Waals surface area contributed by atoms with Crippen LogP contribution in [0, 0.1) is 10.1 Å². The Morgan fingerprint density at radius 3 is 2.26 bits per heavy atom. The maximum atomic E-state index is 13.4. The van der Waals surface area contributed by atoms with E-state index in [1.807, 2.05) is 0 Å². The van der Waals surface area contributed by atoms with E-state index in [1.165, 1.54) is 23.1 Å². The van der Waals surface area contributed by atoms with Crippen LogP contribution in [0.5, 0.6) is 0 Å². The summed E-state index contributed by atoms with van der Waals surface area (Å²) in [5.41, 5.74) is 0.334. The van der Waals surface area contributed by atoms with Crippen molar-refractivity contribution < 1.29 is 22.9 Å². The summed E-state index contributed by atoms with van der Waals surface area (Å²) < 4.78 is 25.8. The number of hydrogen-bond donors (Lipinski definition) is 1. The molecule has 0 radical (unpaired) electrons. The molecule has 0 spiro atoms. The van der Waals surface area contributed by atoms with Crippen LogP contribution in [0.25, 0.3) is 0 Å². The van der Waals surface area contributed by atoms with Crippen molar-refractivity contribution >= 4 is 44.8 Å². The van der Waals surface area contributed by atoms with Crippen molar-refractivity contribution in [3.63, 3.8) is 0 Å². The molecule has 1 atom stereocenters. The zero-order chi connectivity index (χ0) is 25.6. The topological polar surface area (TPSA) is 130 Å². The number of halogens is 1. The monoisotopic (exact) mass is 510 g/mol. The Morgan fingerprint density at radius 2 is 1.74 bits per heavy atom. The second kappa shape index (κ2) is 11.3. The van der Waals surface area contributed by atoms with Gasteiger partial charge in [-0.15, -0.1) is 0 Å². The first-order valence-corrected chi connectivity index (χ1v) is 12.6. The summed E-state index contributed by atoms with van der Waals surface area (Å²) in [5, 5.41) is 14.4. The average molecular weight is 511 g/mol. The molecular formula is C22H27ClN4O6S. The molecule has 0 aromatic heterocycles. The summed E-state index contributed by atoms with van der Waals surface area (Å²) in [5.74, 6) is -1.06. The highest BCUT2D eigenvalue weighted by Gasteiger charge is 2.30. The molecule has 184 valence electrons. The summed E-state index contributed by atoms with van der Waals surface area (Å²) in [6.07, 6.45) is 0.900. The molecule has 34 heavy (non-hydrogen) atoms. The Bertz CT molecular complexity index is 1150. The third kappa shape index (κ3) is 7.42. The van der Waals surface area contributed by atoms with Crippen molar-refractivity contribution in [1.29, 1.82) is 0 Å². The molecule has 10 nitrogen and oxygen atoms in total. The number of carbonyl (C=O) groups excluding carboxylic acids is 2. The Labute approximate surface area is 203 Å². The molecule has 2 aromatic carbocycles. The van der Waals surface area contributed by atoms with E-state index in [-0.39, 0.29) is 24.0 Å². The number of rotatable bonds is 10. The third-order valence-electron chi connectivity index (χ3n) is 4.87. The van der Waals surface area contributed by atoms with E-state index in [2.05, 4.69) is 5.32 Å². The fraction of sp³-hybridized carbons (Fsp3) is 0.364. The lowest BCUT2D eigenvalue weighted by molar-refractivity contribution is -0.384. The van der Waals surface area contributed by atoms with Gasteiger partial charge in [0.2, 0.25) is 21.8 Å². The molecule has 2 rings (SSSR count). The zero-order valence-electron chi connectivity index (χ0n) is 19.3. The maximum Gasteiger partial charge on any atom is 0.271 e. The van der Waals surface area contributed by atoms with E-state index < -0.39 is 39.3 Å². The first kappa shape index (κ1) is 27.1. The van der Waals surface area contributed by atoms with Crippen LogP contribution >= 0.6 is 11.6 Å². The number of benzene rings is 2. The Hall–Kier alpha value is -3.18. The van der Waals surface area contributed by atoms with Crippen LogP contribution in [-0.4, -0.2) is 54.9 Å². The number of carbonyl (C=O) groups is 2. The quantitative estimate of drug-likeness (QED) is 0.386. The summed E-state index contributed by atoms with van der Waals surface area (Å²) in [6, 6.07) is 10.6. The van der Waals surface area contributed by atoms with Crippen molar-refractivity contribution in [2.24, 2.45) is 0 Å². The molecule has 0 unspecified atom stereocenters. The highest BCUT2D eigenvalue weighted by atomic mass is 35.5. The molecule has 0 heterocycles. The minimum absolute atomic E-state index is 0.0230. The summed E-state index contributed by atoms with van der Waals surface area (Å²) >= 11 is 5.94. The van der Waals surface area contributed by atoms with Crippen molar-refractivity contribution in [1.82, 2.24) is 10.2 Å². The van der Waals surface area contributed by atoms with E-state index in [0.717, 1.165) is 16.6 Å². The molecule has 0 bridgehead atoms. The molecule has 0 fully saturated rings. The maximum absolute atomic E-state index is 13.4. The van der Waals surface area contributed by atoms with E-state index in [9.17, 15) is 28.1 Å². The van der Waals surface area contributed by atoms with Gasteiger partial charge in [-0.25, -0.2) is 8.42 Å². The Kier molecular flexibility index (Phi) is 9.00. The highest BCUT2D eigenvalue weighted by molar-refractivity contribution is 7.92. The predicted octanol–water partition coefficient (Wildman–Crippen LogP) is 2.96. The Balaban J connectivity index is 2.42. The van der Waals surface area contributed by atoms with Gasteiger partial charge in [-0.05, 0) is 44.5 Å². The molecule has 0 aliphatic carbocycles. The first-order valence-electron chi connectivity index (χ1n) is 10.4. The molecule has 2 amide bonds. The van der Waals surface area contributed by atoms with Gasteiger partial charge in [0.05, 0.1) is 16.9 Å². The number of nitrogens with zero attached hydrogens (tertiary/aromatic N) is 3. The predicted molar refractivity (Wildman–Crippen MR) is 130 cm³/mol. The molecule has 0 saturated heterocycles. The van der Waals surface area contributed by atoms with Gasteiger partial charge in [0.15, 0.2) is 0 Å². The number of nitrogens with one attached hydrogen (secondary N) is 1. The van der Waals surface area contributed by atoms with Crippen LogP contribution in [0.2, 0.25) is 5.02 Å². The number of hydrogen-bond acceptors (Lipinski definition) is 6. The fourth-order valence-electron chi connectivity index (χ4n) is 3.15. The second-order valence-electron chi connectivity index (χ2n) is 8.03. The van der Waals surface area contributed by atoms with Gasteiger partial charge in [-0.3, -0.25) is 24.0 Å². The van der Waals surface area contributed by atoms with Crippen molar-refractivity contribution in [3.8, 4) is 0 Å². The minimum atomic E-state index is -3.99. The average Bonchev–Trinajstić information content (AvgIpc) is 2.75. The zero-order valence-corrected chi connectivity index (χ0v) is 20.8. The molecule has 0 saturated carbocycles. The molecule has 2 aromatic rings. The van der Waals surface area contributed by atoms with Crippen LogP contribution in [0.15, 0.2) is 48.5 Å². The van der Waals surface area contributed by atoms with E-state index in [1.54, 1.807) is 45.0 Å². The lowest BCUT2D eigenvalue weighted by atomic mass is 10.1. The van der Waals surface area contributed by atoms with Crippen molar-refractivity contribution in [2.45, 2.75) is 39.4 Å². The van der Waals surface area contributed by atoms with Gasteiger partial charge >= 0.3 is 0 Å². The van der Waals surface area contributed by atoms with Crippen LogP contribution in [0.4, 0.5) is 11.4 Å². The SMILES string of the molecule is CC(C)NC(=O)[C@@H](C)N(Cc1ccc(Cl)cc1)C(=O)CN(c1cccc([N+](=O)[O-])c1)S(C)(=O)=O. The van der Waals surface area contributed by atoms with Crippen molar-refractivity contribution in [3.05, 3.63) is 69.2 Å². The van der Waals surface area contributed by atoms with Gasteiger partial charge in [-0.2, -0.15) is 0 Å². The summed E-state index contributed by atoms with van der Waals surface area (Å²) in [7, 11) is -3.99. The number of nitro benzene ring substituents is 1. The number of anilines is 1. The number of non-ortho nitro benzene ring substituents is 1. The van der Waals surface area contributed by atoms with E-state index in [4.69, 9.17) is 11.6 Å². The third-order valence-corrected chi connectivity index (χ3v) is 6.26. The largest absolute Gasteiger partial charge is 0.352 e. The van der Waals surface area contributed by atoms with Gasteiger partial charge < -0.3 is 10.2 Å². The normalized spacial score (nSPS) is 12.2. The minimum Gasteiger partial charge on any atom is -0.352 e. The lowest BCUT2D eigenvalue weighted by Crippen LogP contribution is -2.52. The standard InChI is InChI=1S/C22H27ClN4O6S/c1-15(2)24-22(29)16(3)25(13-17-8-10-18(23)11-9-17)21(28)14-26(34(4,32)33)19-6-5-7-20(12-19)27(30)31/h5-12,15-16H,13-14H2,1-4H3,(H,24,29)/t16-/m1/s1. The highest BCUT2D eigenvalue weighted by Crippen LogP contribution is 2.24. The summed E-state index contributed by atoms with van der Waals surface area (Å²) in [6.45, 7) is 4.49. The number of nitro groups is 1. The number of amides is 2. The first-order chi connectivity index (χ1) is 15.8. The summed E-state index contributed by atoms with van der Waals surface area (Å²) in [4.78, 5) is 37.8. The van der Waals surface area contributed by atoms with Crippen LogP contribution in [0.1, 0.15) is 26.3 Å². The molecule has 1 N–H and O–H groups in total. The van der Waals surface area contributed by atoms with E-state index >= 15 is 0 Å². The van der Waals surface area contributed by atoms with Crippen LogP contribution < -0.4 is 9.62 Å². The van der Waals surface area contributed by atoms with Gasteiger partial charge in [0.25, 0.3) is 5.69 Å². The molecule has 12 heteroatoms.